The van der Waals surface area contributed by atoms with Gasteiger partial charge in [0.2, 0.25) is 0 Å². The molecule has 44 heavy (non-hydrogen) atoms. The van der Waals surface area contributed by atoms with Crippen molar-refractivity contribution >= 4 is 21.8 Å². The second-order valence-electron chi connectivity index (χ2n) is 10.6. The molecule has 0 radical (unpaired) electrons. The number of nitrogens with zero attached hydrogens (tertiary/aromatic N) is 5. The first-order valence-corrected chi connectivity index (χ1v) is 14.5. The number of rotatable bonds is 5. The van der Waals surface area contributed by atoms with Gasteiger partial charge in [0.15, 0.2) is 0 Å². The molecule has 0 saturated heterocycles. The molecular formula is C39H25N5. The van der Waals surface area contributed by atoms with Crippen LogP contribution < -0.4 is 0 Å². The molecule has 0 saturated carbocycles. The number of benzene rings is 3. The lowest BCUT2D eigenvalue weighted by Gasteiger charge is -2.11. The maximum atomic E-state index is 5.18. The van der Waals surface area contributed by atoms with E-state index in [1.54, 1.807) is 12.4 Å². The van der Waals surface area contributed by atoms with Gasteiger partial charge in [-0.25, -0.2) is 15.0 Å². The molecule has 206 valence electrons. The fourth-order valence-corrected chi connectivity index (χ4v) is 5.54. The lowest BCUT2D eigenvalue weighted by molar-refractivity contribution is 1.22. The van der Waals surface area contributed by atoms with Crippen LogP contribution in [0.2, 0.25) is 0 Å². The first-order valence-electron chi connectivity index (χ1n) is 14.5. The molecule has 5 nitrogen and oxygen atoms in total. The molecule has 0 unspecified atom stereocenters. The minimum absolute atomic E-state index is 0.796. The summed E-state index contributed by atoms with van der Waals surface area (Å²) in [4.78, 5) is 24.3. The second kappa shape index (κ2) is 11.0. The van der Waals surface area contributed by atoms with Crippen LogP contribution in [0.3, 0.4) is 0 Å². The van der Waals surface area contributed by atoms with Gasteiger partial charge in [0.1, 0.15) is 0 Å². The van der Waals surface area contributed by atoms with Crippen LogP contribution in [-0.4, -0.2) is 24.9 Å². The summed E-state index contributed by atoms with van der Waals surface area (Å²) in [5, 5.41) is 2.13. The smallest absolute Gasteiger partial charge is 0.0972 e. The molecule has 0 spiro atoms. The Kier molecular flexibility index (Phi) is 6.39. The lowest BCUT2D eigenvalue weighted by atomic mass is 9.99. The van der Waals surface area contributed by atoms with Crippen molar-refractivity contribution < 1.29 is 0 Å². The van der Waals surface area contributed by atoms with Crippen molar-refractivity contribution in [2.24, 2.45) is 0 Å². The number of aromatic nitrogens is 5. The zero-order chi connectivity index (χ0) is 29.3. The van der Waals surface area contributed by atoms with Crippen LogP contribution in [0.15, 0.2) is 152 Å². The third-order valence-electron chi connectivity index (χ3n) is 7.76. The van der Waals surface area contributed by atoms with E-state index in [9.17, 15) is 0 Å². The topological polar surface area (TPSA) is 64.5 Å². The van der Waals surface area contributed by atoms with Crippen molar-refractivity contribution in [3.05, 3.63) is 152 Å². The van der Waals surface area contributed by atoms with Gasteiger partial charge < -0.3 is 0 Å². The maximum absolute atomic E-state index is 5.18. The van der Waals surface area contributed by atoms with Gasteiger partial charge in [0.05, 0.1) is 45.2 Å². The molecule has 0 fully saturated rings. The van der Waals surface area contributed by atoms with Crippen LogP contribution in [0.4, 0.5) is 0 Å². The zero-order valence-corrected chi connectivity index (χ0v) is 23.7. The second-order valence-corrected chi connectivity index (χ2v) is 10.6. The fraction of sp³-hybridized carbons (Fsp3) is 0. The Balaban J connectivity index is 1.25. The van der Waals surface area contributed by atoms with Crippen molar-refractivity contribution in [3.8, 4) is 56.4 Å². The minimum atomic E-state index is 0.796. The van der Waals surface area contributed by atoms with Gasteiger partial charge in [-0.15, -0.1) is 0 Å². The average molecular weight is 564 g/mol. The van der Waals surface area contributed by atoms with Crippen LogP contribution in [0, 0.1) is 0 Å². The Bertz CT molecular complexity index is 2210. The summed E-state index contributed by atoms with van der Waals surface area (Å²) in [5.74, 6) is 0. The summed E-state index contributed by atoms with van der Waals surface area (Å²) < 4.78 is 0. The Morgan fingerprint density at radius 3 is 1.41 bits per heavy atom. The fourth-order valence-electron chi connectivity index (χ4n) is 5.54. The van der Waals surface area contributed by atoms with E-state index in [1.165, 1.54) is 0 Å². The molecule has 0 aliphatic carbocycles. The SMILES string of the molecule is c1ccc(-c2ccc3ccc4ccc(-c5cccc(-c6cc(-c7ccccn7)nc(-c7ccccn7)c6)c5)nc4c3n2)cc1. The maximum Gasteiger partial charge on any atom is 0.0972 e. The highest BCUT2D eigenvalue weighted by Crippen LogP contribution is 2.33. The molecule has 8 rings (SSSR count). The molecule has 0 N–H and O–H groups in total. The van der Waals surface area contributed by atoms with E-state index in [2.05, 4.69) is 94.9 Å². The summed E-state index contributed by atoms with van der Waals surface area (Å²) in [6.07, 6.45) is 3.58. The van der Waals surface area contributed by atoms with Crippen LogP contribution in [0.25, 0.3) is 78.2 Å². The van der Waals surface area contributed by atoms with Gasteiger partial charge in [0, 0.05) is 34.3 Å². The quantitative estimate of drug-likeness (QED) is 0.195. The molecule has 5 aromatic heterocycles. The first kappa shape index (κ1) is 25.6. The highest BCUT2D eigenvalue weighted by Gasteiger charge is 2.13. The number of pyridine rings is 5. The Hall–Kier alpha value is -6.07. The standard InChI is InChI=1S/C39H25N5/c1-2-9-26(10-3-1)32-19-17-27-15-16-28-18-20-33(44-39(28)38(27)43-32)30-12-8-11-29(23-30)31-24-36(34-13-4-6-21-40-34)42-37(25-31)35-14-5-7-22-41-35/h1-25H. The molecule has 8 aromatic rings. The van der Waals surface area contributed by atoms with Gasteiger partial charge in [-0.3, -0.25) is 9.97 Å². The number of hydrogen-bond acceptors (Lipinski definition) is 5. The minimum Gasteiger partial charge on any atom is -0.255 e. The van der Waals surface area contributed by atoms with Gasteiger partial charge >= 0.3 is 0 Å². The van der Waals surface area contributed by atoms with E-state index in [-0.39, 0.29) is 0 Å². The van der Waals surface area contributed by atoms with Gasteiger partial charge in [-0.2, -0.15) is 0 Å². The molecule has 0 atom stereocenters. The van der Waals surface area contributed by atoms with Crippen LogP contribution in [0.5, 0.6) is 0 Å². The average Bonchev–Trinajstić information content (AvgIpc) is 3.12. The lowest BCUT2D eigenvalue weighted by Crippen LogP contribution is -1.94. The third kappa shape index (κ3) is 4.86. The molecular weight excluding hydrogens is 538 g/mol. The number of fused-ring (bicyclic) bond motifs is 3. The summed E-state index contributed by atoms with van der Waals surface area (Å²) >= 11 is 0. The van der Waals surface area contributed by atoms with Crippen LogP contribution in [-0.2, 0) is 0 Å². The predicted octanol–water partition coefficient (Wildman–Crippen LogP) is 9.30. The van der Waals surface area contributed by atoms with Crippen LogP contribution in [0.1, 0.15) is 0 Å². The summed E-state index contributed by atoms with van der Waals surface area (Å²) in [7, 11) is 0. The van der Waals surface area contributed by atoms with Crippen molar-refractivity contribution in [2.45, 2.75) is 0 Å². The molecule has 0 aliphatic heterocycles. The zero-order valence-electron chi connectivity index (χ0n) is 23.7. The van der Waals surface area contributed by atoms with Crippen molar-refractivity contribution in [3.63, 3.8) is 0 Å². The molecule has 0 bridgehead atoms. The Labute approximate surface area is 254 Å². The van der Waals surface area contributed by atoms with Crippen molar-refractivity contribution in [1.82, 2.24) is 24.9 Å². The first-order chi connectivity index (χ1) is 21.8. The third-order valence-corrected chi connectivity index (χ3v) is 7.76. The van der Waals surface area contributed by atoms with E-state index in [0.717, 1.165) is 78.2 Å². The highest BCUT2D eigenvalue weighted by atomic mass is 14.8. The van der Waals surface area contributed by atoms with E-state index in [1.807, 2.05) is 54.6 Å². The van der Waals surface area contributed by atoms with E-state index in [4.69, 9.17) is 15.0 Å². The van der Waals surface area contributed by atoms with Gasteiger partial charge in [0.25, 0.3) is 0 Å². The summed E-state index contributed by atoms with van der Waals surface area (Å²) in [6.45, 7) is 0. The normalized spacial score (nSPS) is 11.2. The Morgan fingerprint density at radius 1 is 0.295 bits per heavy atom. The molecule has 3 aromatic carbocycles. The van der Waals surface area contributed by atoms with Gasteiger partial charge in [-0.05, 0) is 65.7 Å². The monoisotopic (exact) mass is 563 g/mol. The largest absolute Gasteiger partial charge is 0.255 e. The molecule has 5 heterocycles. The highest BCUT2D eigenvalue weighted by molar-refractivity contribution is 6.04. The summed E-state index contributed by atoms with van der Waals surface area (Å²) in [5.41, 5.74) is 11.0. The summed E-state index contributed by atoms with van der Waals surface area (Å²) in [6, 6.07) is 47.3. The van der Waals surface area contributed by atoms with Crippen molar-refractivity contribution in [1.29, 1.82) is 0 Å². The molecule has 0 amide bonds. The molecule has 0 aliphatic rings. The predicted molar refractivity (Wildman–Crippen MR) is 178 cm³/mol. The van der Waals surface area contributed by atoms with E-state index >= 15 is 0 Å². The number of hydrogen-bond donors (Lipinski definition) is 0. The molecule has 5 heteroatoms. The van der Waals surface area contributed by atoms with Crippen molar-refractivity contribution in [2.75, 3.05) is 0 Å². The van der Waals surface area contributed by atoms with E-state index in [0.29, 0.717) is 0 Å². The van der Waals surface area contributed by atoms with Gasteiger partial charge in [-0.1, -0.05) is 84.9 Å². The van der Waals surface area contributed by atoms with E-state index < -0.39 is 0 Å². The Morgan fingerprint density at radius 2 is 0.818 bits per heavy atom. The van der Waals surface area contributed by atoms with Crippen LogP contribution >= 0.6 is 0 Å².